The molecule has 1 heterocycles. The average Bonchev–Trinajstić information content (AvgIpc) is 3.06. The highest BCUT2D eigenvalue weighted by Gasteiger charge is 2.22. The molecule has 3 aromatic rings. The summed E-state index contributed by atoms with van der Waals surface area (Å²) < 4.78 is 31.4. The summed E-state index contributed by atoms with van der Waals surface area (Å²) in [5.74, 6) is 0.113. The Bertz CT molecular complexity index is 1070. The number of furan rings is 1. The molecule has 1 amide bonds. The van der Waals surface area contributed by atoms with Crippen LogP contribution in [-0.2, 0) is 10.0 Å². The third-order valence-corrected chi connectivity index (χ3v) is 6.32. The minimum Gasteiger partial charge on any atom is -0.459 e. The van der Waals surface area contributed by atoms with E-state index in [-0.39, 0.29) is 15.5 Å². The number of hydrogen-bond donors (Lipinski definition) is 1. The molecular weight excluding hydrogens is 388 g/mol. The zero-order valence-electron chi connectivity index (χ0n) is 15.1. The second-order valence-electron chi connectivity index (χ2n) is 6.31. The van der Waals surface area contributed by atoms with Gasteiger partial charge in [-0.15, -0.1) is 0 Å². The molecule has 0 spiro atoms. The highest BCUT2D eigenvalue weighted by molar-refractivity contribution is 7.89. The Kier molecular flexibility index (Phi) is 5.28. The van der Waals surface area contributed by atoms with Crippen molar-refractivity contribution in [1.82, 2.24) is 9.62 Å². The SMILES string of the molecule is C[C@@H](NC(=O)c1cc(S(=O)(=O)N(C)C)ccc1Cl)c1cc2ccccc2o1. The van der Waals surface area contributed by atoms with E-state index in [0.29, 0.717) is 5.76 Å². The third kappa shape index (κ3) is 3.85. The van der Waals surface area contributed by atoms with Gasteiger partial charge in [0.15, 0.2) is 0 Å². The first kappa shape index (κ1) is 19.4. The van der Waals surface area contributed by atoms with Crippen molar-refractivity contribution < 1.29 is 17.6 Å². The van der Waals surface area contributed by atoms with Crippen LogP contribution in [0.25, 0.3) is 11.0 Å². The Morgan fingerprint density at radius 1 is 1.15 bits per heavy atom. The van der Waals surface area contributed by atoms with Crippen LogP contribution in [0.4, 0.5) is 0 Å². The van der Waals surface area contributed by atoms with Crippen molar-refractivity contribution in [1.29, 1.82) is 0 Å². The van der Waals surface area contributed by atoms with E-state index in [9.17, 15) is 13.2 Å². The molecule has 0 aliphatic carbocycles. The Hall–Kier alpha value is -2.35. The number of sulfonamides is 1. The molecule has 0 aliphatic heterocycles. The van der Waals surface area contributed by atoms with Gasteiger partial charge < -0.3 is 9.73 Å². The predicted octanol–water partition coefficient (Wildman–Crippen LogP) is 3.83. The molecule has 0 saturated heterocycles. The Morgan fingerprint density at radius 3 is 2.52 bits per heavy atom. The normalized spacial score (nSPS) is 13.1. The molecule has 0 fully saturated rings. The van der Waals surface area contributed by atoms with Gasteiger partial charge in [-0.3, -0.25) is 4.79 Å². The number of halogens is 1. The molecule has 1 N–H and O–H groups in total. The predicted molar refractivity (Wildman–Crippen MR) is 104 cm³/mol. The molecule has 3 rings (SSSR count). The molecule has 0 unspecified atom stereocenters. The maximum Gasteiger partial charge on any atom is 0.253 e. The number of para-hydroxylation sites is 1. The van der Waals surface area contributed by atoms with Gasteiger partial charge in [0.05, 0.1) is 21.5 Å². The van der Waals surface area contributed by atoms with E-state index in [1.54, 1.807) is 6.92 Å². The van der Waals surface area contributed by atoms with Crippen LogP contribution < -0.4 is 5.32 Å². The molecular formula is C19H19ClN2O4S. The van der Waals surface area contributed by atoms with Crippen LogP contribution in [0.5, 0.6) is 0 Å². The summed E-state index contributed by atoms with van der Waals surface area (Å²) in [5, 5.41) is 3.90. The molecule has 0 bridgehead atoms. The number of nitrogens with zero attached hydrogens (tertiary/aromatic N) is 1. The van der Waals surface area contributed by atoms with Crippen molar-refractivity contribution in [2.45, 2.75) is 17.9 Å². The molecule has 6 nitrogen and oxygen atoms in total. The van der Waals surface area contributed by atoms with Crippen molar-refractivity contribution in [3.63, 3.8) is 0 Å². The van der Waals surface area contributed by atoms with Gasteiger partial charge in [0.1, 0.15) is 11.3 Å². The molecule has 0 aliphatic rings. The largest absolute Gasteiger partial charge is 0.459 e. The summed E-state index contributed by atoms with van der Waals surface area (Å²) in [6.45, 7) is 1.78. The summed E-state index contributed by atoms with van der Waals surface area (Å²) in [6, 6.07) is 13.0. The molecule has 1 aromatic heterocycles. The van der Waals surface area contributed by atoms with Gasteiger partial charge in [-0.1, -0.05) is 29.8 Å². The van der Waals surface area contributed by atoms with Crippen molar-refractivity contribution in [2.75, 3.05) is 14.1 Å². The fourth-order valence-electron chi connectivity index (χ4n) is 2.61. The van der Waals surface area contributed by atoms with Crippen LogP contribution in [0.1, 0.15) is 29.1 Å². The molecule has 8 heteroatoms. The second-order valence-corrected chi connectivity index (χ2v) is 8.87. The number of fused-ring (bicyclic) bond motifs is 1. The van der Waals surface area contributed by atoms with Gasteiger partial charge in [-0.05, 0) is 37.3 Å². The maximum absolute atomic E-state index is 12.7. The van der Waals surface area contributed by atoms with Gasteiger partial charge in [-0.2, -0.15) is 0 Å². The summed E-state index contributed by atoms with van der Waals surface area (Å²) in [6.07, 6.45) is 0. The Labute approximate surface area is 162 Å². The van der Waals surface area contributed by atoms with Crippen molar-refractivity contribution in [3.05, 3.63) is 64.9 Å². The van der Waals surface area contributed by atoms with E-state index >= 15 is 0 Å². The van der Waals surface area contributed by atoms with Crippen LogP contribution in [0, 0.1) is 0 Å². The van der Waals surface area contributed by atoms with Crippen LogP contribution in [0.3, 0.4) is 0 Å². The van der Waals surface area contributed by atoms with E-state index in [1.165, 1.54) is 32.3 Å². The summed E-state index contributed by atoms with van der Waals surface area (Å²) >= 11 is 6.12. The van der Waals surface area contributed by atoms with Gasteiger partial charge in [0.25, 0.3) is 5.91 Å². The zero-order chi connectivity index (χ0) is 19.8. The molecule has 1 atom stereocenters. The summed E-state index contributed by atoms with van der Waals surface area (Å²) in [7, 11) is -0.824. The van der Waals surface area contributed by atoms with Crippen LogP contribution in [0.2, 0.25) is 5.02 Å². The number of rotatable bonds is 5. The number of hydrogen-bond acceptors (Lipinski definition) is 4. The van der Waals surface area contributed by atoms with Crippen molar-refractivity contribution >= 4 is 38.5 Å². The molecule has 142 valence electrons. The standard InChI is InChI=1S/C19H19ClN2O4S/c1-12(18-10-13-6-4-5-7-17(13)26-18)21-19(23)15-11-14(8-9-16(15)20)27(24,25)22(2)3/h4-12H,1-3H3,(H,21,23)/t12-/m1/s1. The number of amides is 1. The molecule has 2 aromatic carbocycles. The van der Waals surface area contributed by atoms with Crippen molar-refractivity contribution in [3.8, 4) is 0 Å². The lowest BCUT2D eigenvalue weighted by atomic mass is 10.1. The van der Waals surface area contributed by atoms with Crippen molar-refractivity contribution in [2.24, 2.45) is 0 Å². The monoisotopic (exact) mass is 406 g/mol. The lowest BCUT2D eigenvalue weighted by Gasteiger charge is -2.15. The minimum absolute atomic E-state index is 0.00144. The fourth-order valence-corrected chi connectivity index (χ4v) is 3.74. The molecule has 0 radical (unpaired) electrons. The smallest absolute Gasteiger partial charge is 0.253 e. The first-order valence-corrected chi connectivity index (χ1v) is 10.0. The minimum atomic E-state index is -3.67. The van der Waals surface area contributed by atoms with E-state index in [1.807, 2.05) is 30.3 Å². The number of carbonyl (C=O) groups is 1. The van der Waals surface area contributed by atoms with E-state index in [4.69, 9.17) is 16.0 Å². The lowest BCUT2D eigenvalue weighted by molar-refractivity contribution is 0.0935. The van der Waals surface area contributed by atoms with Crippen LogP contribution in [-0.4, -0.2) is 32.7 Å². The first-order chi connectivity index (χ1) is 12.7. The van der Waals surface area contributed by atoms with Gasteiger partial charge in [0, 0.05) is 19.5 Å². The van der Waals surface area contributed by atoms with Crippen LogP contribution in [0.15, 0.2) is 57.8 Å². The van der Waals surface area contributed by atoms with Crippen LogP contribution >= 0.6 is 11.6 Å². The fraction of sp³-hybridized carbons (Fsp3) is 0.211. The Morgan fingerprint density at radius 2 is 1.85 bits per heavy atom. The number of benzene rings is 2. The molecule has 27 heavy (non-hydrogen) atoms. The Balaban J connectivity index is 1.87. The first-order valence-electron chi connectivity index (χ1n) is 8.21. The van der Waals surface area contributed by atoms with E-state index < -0.39 is 22.0 Å². The van der Waals surface area contributed by atoms with E-state index in [0.717, 1.165) is 15.3 Å². The number of nitrogens with one attached hydrogen (secondary N) is 1. The second kappa shape index (κ2) is 7.34. The highest BCUT2D eigenvalue weighted by Crippen LogP contribution is 2.26. The van der Waals surface area contributed by atoms with E-state index in [2.05, 4.69) is 5.32 Å². The highest BCUT2D eigenvalue weighted by atomic mass is 35.5. The van der Waals surface area contributed by atoms with Gasteiger partial charge in [0.2, 0.25) is 10.0 Å². The van der Waals surface area contributed by atoms with Gasteiger partial charge >= 0.3 is 0 Å². The third-order valence-electron chi connectivity index (χ3n) is 4.18. The quantitative estimate of drug-likeness (QED) is 0.698. The lowest BCUT2D eigenvalue weighted by Crippen LogP contribution is -2.27. The molecule has 0 saturated carbocycles. The summed E-state index contributed by atoms with van der Waals surface area (Å²) in [4.78, 5) is 12.7. The van der Waals surface area contributed by atoms with Gasteiger partial charge in [-0.25, -0.2) is 12.7 Å². The summed E-state index contributed by atoms with van der Waals surface area (Å²) in [5.41, 5.74) is 0.813. The average molecular weight is 407 g/mol. The number of carbonyl (C=O) groups excluding carboxylic acids is 1. The maximum atomic E-state index is 12.7. The topological polar surface area (TPSA) is 79.6 Å². The zero-order valence-corrected chi connectivity index (χ0v) is 16.6.